The fourth-order valence-corrected chi connectivity index (χ4v) is 4.19. The zero-order valence-corrected chi connectivity index (χ0v) is 18.9. The van der Waals surface area contributed by atoms with E-state index in [1.807, 2.05) is 54.6 Å². The normalized spacial score (nSPS) is 11.8. The summed E-state index contributed by atoms with van der Waals surface area (Å²) in [4.78, 5) is 26.1. The third-order valence-electron chi connectivity index (χ3n) is 6.06. The van der Waals surface area contributed by atoms with E-state index >= 15 is 0 Å². The molecule has 0 radical (unpaired) electrons. The summed E-state index contributed by atoms with van der Waals surface area (Å²) in [6.07, 6.45) is 6.87. The van der Waals surface area contributed by atoms with E-state index in [9.17, 15) is 9.59 Å². The first-order chi connectivity index (χ1) is 15.7. The Labute approximate surface area is 192 Å². The largest absolute Gasteiger partial charge is 0.299 e. The summed E-state index contributed by atoms with van der Waals surface area (Å²) in [5.41, 5.74) is 3.72. The van der Waals surface area contributed by atoms with E-state index in [1.165, 1.54) is 11.1 Å². The molecule has 1 unspecified atom stereocenters. The first-order valence-corrected chi connectivity index (χ1v) is 11.9. The SMILES string of the molecule is O=C(CCCCc1ccccc1)C(CCCc1ccccc1)C(=O)CCc1ccccc1. The highest BCUT2D eigenvalue weighted by atomic mass is 16.1. The van der Waals surface area contributed by atoms with E-state index in [0.717, 1.165) is 37.7 Å². The van der Waals surface area contributed by atoms with Crippen molar-refractivity contribution < 1.29 is 9.59 Å². The van der Waals surface area contributed by atoms with Gasteiger partial charge in [-0.25, -0.2) is 0 Å². The Kier molecular flexibility index (Phi) is 9.92. The molecule has 0 aromatic heterocycles. The highest BCUT2D eigenvalue weighted by molar-refractivity contribution is 6.02. The summed E-state index contributed by atoms with van der Waals surface area (Å²) in [6.45, 7) is 0. The van der Waals surface area contributed by atoms with Crippen molar-refractivity contribution >= 4 is 11.6 Å². The van der Waals surface area contributed by atoms with Gasteiger partial charge in [0.2, 0.25) is 0 Å². The average Bonchev–Trinajstić information content (AvgIpc) is 2.85. The minimum absolute atomic E-state index is 0.106. The van der Waals surface area contributed by atoms with Crippen LogP contribution in [0.5, 0.6) is 0 Å². The van der Waals surface area contributed by atoms with Gasteiger partial charge in [0.1, 0.15) is 11.6 Å². The third-order valence-corrected chi connectivity index (χ3v) is 6.06. The minimum Gasteiger partial charge on any atom is -0.299 e. The van der Waals surface area contributed by atoms with E-state index in [-0.39, 0.29) is 11.6 Å². The molecule has 0 aliphatic carbocycles. The maximum absolute atomic E-state index is 13.0. The van der Waals surface area contributed by atoms with E-state index in [0.29, 0.717) is 25.7 Å². The Bertz CT molecular complexity index is 932. The number of benzene rings is 3. The minimum atomic E-state index is -0.459. The Hall–Kier alpha value is -3.00. The zero-order chi connectivity index (χ0) is 22.4. The highest BCUT2D eigenvalue weighted by Gasteiger charge is 2.25. The molecule has 1 atom stereocenters. The van der Waals surface area contributed by atoms with Gasteiger partial charge in [-0.1, -0.05) is 91.0 Å². The standard InChI is InChI=1S/C30H34O2/c31-29(22-11-10-19-25-13-4-1-5-14-25)28(21-12-20-26-15-6-2-7-16-26)30(32)24-23-27-17-8-3-9-18-27/h1-9,13-18,28H,10-12,19-24H2. The predicted octanol–water partition coefficient (Wildman–Crippen LogP) is 6.81. The smallest absolute Gasteiger partial charge is 0.143 e. The van der Waals surface area contributed by atoms with Crippen LogP contribution in [-0.4, -0.2) is 11.6 Å². The number of aryl methyl sites for hydroxylation is 3. The Morgan fingerprint density at radius 2 is 0.938 bits per heavy atom. The molecule has 32 heavy (non-hydrogen) atoms. The molecule has 3 aromatic rings. The number of hydrogen-bond donors (Lipinski definition) is 0. The molecule has 3 aromatic carbocycles. The molecule has 2 heteroatoms. The quantitative estimate of drug-likeness (QED) is 0.210. The number of hydrogen-bond acceptors (Lipinski definition) is 2. The van der Waals surface area contributed by atoms with E-state index in [1.54, 1.807) is 0 Å². The number of rotatable bonds is 14. The molecule has 0 amide bonds. The first-order valence-electron chi connectivity index (χ1n) is 11.9. The van der Waals surface area contributed by atoms with Gasteiger partial charge in [-0.15, -0.1) is 0 Å². The van der Waals surface area contributed by atoms with E-state index in [2.05, 4.69) is 36.4 Å². The predicted molar refractivity (Wildman–Crippen MR) is 132 cm³/mol. The van der Waals surface area contributed by atoms with Crippen LogP contribution in [0.4, 0.5) is 0 Å². The summed E-state index contributed by atoms with van der Waals surface area (Å²) >= 11 is 0. The third kappa shape index (κ3) is 8.26. The fraction of sp³-hybridized carbons (Fsp3) is 0.333. The van der Waals surface area contributed by atoms with Gasteiger partial charge in [-0.05, 0) is 61.6 Å². The van der Waals surface area contributed by atoms with Crippen molar-refractivity contribution in [1.82, 2.24) is 0 Å². The molecule has 0 saturated carbocycles. The number of unbranched alkanes of at least 4 members (excludes halogenated alkanes) is 1. The Morgan fingerprint density at radius 1 is 0.500 bits per heavy atom. The summed E-state index contributed by atoms with van der Waals surface area (Å²) in [5.74, 6) is -0.224. The number of carbonyl (C=O) groups excluding carboxylic acids is 2. The average molecular weight is 427 g/mol. The molecule has 0 aliphatic rings. The fourth-order valence-electron chi connectivity index (χ4n) is 4.19. The zero-order valence-electron chi connectivity index (χ0n) is 18.9. The van der Waals surface area contributed by atoms with E-state index < -0.39 is 5.92 Å². The molecule has 0 heterocycles. The highest BCUT2D eigenvalue weighted by Crippen LogP contribution is 2.19. The molecule has 0 spiro atoms. The van der Waals surface area contributed by atoms with Gasteiger partial charge >= 0.3 is 0 Å². The maximum Gasteiger partial charge on any atom is 0.143 e. The van der Waals surface area contributed by atoms with Gasteiger partial charge in [0.05, 0.1) is 5.92 Å². The number of Topliss-reactive ketones (excluding diaryl/α,β-unsaturated/α-hetero) is 2. The number of carbonyl (C=O) groups is 2. The van der Waals surface area contributed by atoms with Crippen LogP contribution in [-0.2, 0) is 28.9 Å². The monoisotopic (exact) mass is 426 g/mol. The van der Waals surface area contributed by atoms with Crippen LogP contribution in [0.2, 0.25) is 0 Å². The van der Waals surface area contributed by atoms with Crippen molar-refractivity contribution in [1.29, 1.82) is 0 Å². The van der Waals surface area contributed by atoms with Gasteiger partial charge in [0.15, 0.2) is 0 Å². The van der Waals surface area contributed by atoms with Crippen LogP contribution in [0.25, 0.3) is 0 Å². The second-order valence-corrected chi connectivity index (χ2v) is 8.54. The molecule has 3 rings (SSSR count). The lowest BCUT2D eigenvalue weighted by molar-refractivity contribution is -0.133. The number of ketones is 2. The topological polar surface area (TPSA) is 34.1 Å². The van der Waals surface area contributed by atoms with Gasteiger partial charge in [-0.2, -0.15) is 0 Å². The van der Waals surface area contributed by atoms with Gasteiger partial charge < -0.3 is 0 Å². The van der Waals surface area contributed by atoms with Crippen LogP contribution < -0.4 is 0 Å². The van der Waals surface area contributed by atoms with Crippen molar-refractivity contribution in [2.45, 2.75) is 57.8 Å². The van der Waals surface area contributed by atoms with Gasteiger partial charge in [0.25, 0.3) is 0 Å². The molecular formula is C30H34O2. The molecule has 2 nitrogen and oxygen atoms in total. The second-order valence-electron chi connectivity index (χ2n) is 8.54. The maximum atomic E-state index is 13.0. The van der Waals surface area contributed by atoms with Crippen molar-refractivity contribution in [2.24, 2.45) is 5.92 Å². The molecule has 0 fully saturated rings. The molecule has 0 saturated heterocycles. The van der Waals surface area contributed by atoms with Crippen molar-refractivity contribution in [3.05, 3.63) is 108 Å². The summed E-state index contributed by atoms with van der Waals surface area (Å²) < 4.78 is 0. The molecular weight excluding hydrogens is 392 g/mol. The Morgan fingerprint density at radius 3 is 1.47 bits per heavy atom. The second kappa shape index (κ2) is 13.4. The van der Waals surface area contributed by atoms with E-state index in [4.69, 9.17) is 0 Å². The van der Waals surface area contributed by atoms with Gasteiger partial charge in [-0.3, -0.25) is 9.59 Å². The van der Waals surface area contributed by atoms with Crippen LogP contribution in [0.3, 0.4) is 0 Å². The molecule has 166 valence electrons. The van der Waals surface area contributed by atoms with Crippen LogP contribution in [0.15, 0.2) is 91.0 Å². The van der Waals surface area contributed by atoms with Crippen molar-refractivity contribution in [3.8, 4) is 0 Å². The van der Waals surface area contributed by atoms with Crippen LogP contribution >= 0.6 is 0 Å². The molecule has 0 aliphatic heterocycles. The summed E-state index contributed by atoms with van der Waals surface area (Å²) in [5, 5.41) is 0. The van der Waals surface area contributed by atoms with Crippen LogP contribution in [0.1, 0.15) is 55.2 Å². The first kappa shape index (κ1) is 23.7. The van der Waals surface area contributed by atoms with Crippen LogP contribution in [0, 0.1) is 5.92 Å². The lowest BCUT2D eigenvalue weighted by Gasteiger charge is -2.15. The molecule has 0 bridgehead atoms. The molecule has 0 N–H and O–H groups in total. The summed E-state index contributed by atoms with van der Waals surface area (Å²) in [6, 6.07) is 30.7. The van der Waals surface area contributed by atoms with Crippen molar-refractivity contribution in [2.75, 3.05) is 0 Å². The summed E-state index contributed by atoms with van der Waals surface area (Å²) in [7, 11) is 0. The van der Waals surface area contributed by atoms with Crippen molar-refractivity contribution in [3.63, 3.8) is 0 Å². The Balaban J connectivity index is 1.51. The van der Waals surface area contributed by atoms with Gasteiger partial charge in [0, 0.05) is 12.8 Å². The lowest BCUT2D eigenvalue weighted by Crippen LogP contribution is -2.25. The lowest BCUT2D eigenvalue weighted by atomic mass is 9.87.